The zero-order chi connectivity index (χ0) is 17.3. The molecule has 0 saturated carbocycles. The van der Waals surface area contributed by atoms with Crippen molar-refractivity contribution < 1.29 is 18.0 Å². The number of carbonyl (C=O) groups is 1. The molecule has 0 saturated heterocycles. The van der Waals surface area contributed by atoms with Crippen molar-refractivity contribution in [1.29, 1.82) is 0 Å². The number of carbonyl (C=O) groups excluding carboxylic acids is 1. The summed E-state index contributed by atoms with van der Waals surface area (Å²) in [6.07, 6.45) is -3.12. The van der Waals surface area contributed by atoms with Crippen LogP contribution in [-0.2, 0) is 12.7 Å². The molecule has 3 rings (SSSR count). The average Bonchev–Trinajstić information content (AvgIpc) is 2.88. The van der Waals surface area contributed by atoms with Gasteiger partial charge in [0, 0.05) is 12.7 Å². The summed E-state index contributed by atoms with van der Waals surface area (Å²) in [5, 5.41) is 2.71. The summed E-state index contributed by atoms with van der Waals surface area (Å²) in [6.45, 7) is 1.80. The lowest BCUT2D eigenvalue weighted by Gasteiger charge is -2.09. The number of rotatable bonds is 3. The van der Waals surface area contributed by atoms with Crippen molar-refractivity contribution in [3.63, 3.8) is 0 Å². The van der Waals surface area contributed by atoms with Gasteiger partial charge in [0.25, 0.3) is 5.91 Å². The predicted molar refractivity (Wildman–Crippen MR) is 82.5 cm³/mol. The van der Waals surface area contributed by atoms with Crippen LogP contribution in [0.1, 0.15) is 27.3 Å². The first-order valence-electron chi connectivity index (χ1n) is 7.25. The molecule has 0 fully saturated rings. The Kier molecular flexibility index (Phi) is 4.01. The lowest BCUT2D eigenvalue weighted by molar-refractivity contribution is -0.136. The van der Waals surface area contributed by atoms with E-state index in [2.05, 4.69) is 10.3 Å². The smallest absolute Gasteiger partial charge is 0.347 e. The van der Waals surface area contributed by atoms with E-state index in [1.807, 2.05) is 30.3 Å². The summed E-state index contributed by atoms with van der Waals surface area (Å²) < 4.78 is 40.4. The van der Waals surface area contributed by atoms with Gasteiger partial charge in [-0.15, -0.1) is 0 Å². The molecule has 0 aliphatic rings. The first-order chi connectivity index (χ1) is 11.4. The molecule has 3 aromatic rings. The van der Waals surface area contributed by atoms with Crippen molar-refractivity contribution in [3.8, 4) is 0 Å². The maximum absolute atomic E-state index is 13.1. The highest BCUT2D eigenvalue weighted by Gasteiger charge is 2.34. The number of hydrogen-bond acceptors (Lipinski definition) is 2. The van der Waals surface area contributed by atoms with Crippen LogP contribution < -0.4 is 5.32 Å². The highest BCUT2D eigenvalue weighted by molar-refractivity contribution is 5.94. The number of hydrogen-bond donors (Lipinski definition) is 1. The number of imidazole rings is 1. The Hall–Kier alpha value is -2.83. The summed E-state index contributed by atoms with van der Waals surface area (Å²) in [7, 11) is 0. The number of alkyl halides is 3. The second kappa shape index (κ2) is 5.99. The third-order valence-corrected chi connectivity index (χ3v) is 3.64. The number of pyridine rings is 1. The molecule has 124 valence electrons. The minimum atomic E-state index is -4.53. The van der Waals surface area contributed by atoms with Gasteiger partial charge in [0.15, 0.2) is 0 Å². The summed E-state index contributed by atoms with van der Waals surface area (Å²) in [6, 6.07) is 11.5. The number of aromatic nitrogens is 2. The number of benzene rings is 1. The molecule has 2 aromatic heterocycles. The van der Waals surface area contributed by atoms with Gasteiger partial charge < -0.3 is 5.32 Å². The van der Waals surface area contributed by atoms with Gasteiger partial charge in [-0.25, -0.2) is 4.98 Å². The van der Waals surface area contributed by atoms with Crippen LogP contribution in [0.4, 0.5) is 13.2 Å². The molecule has 0 bridgehead atoms. The number of aryl methyl sites for hydroxylation is 1. The third-order valence-electron chi connectivity index (χ3n) is 3.64. The van der Waals surface area contributed by atoms with Crippen LogP contribution in [0.2, 0.25) is 0 Å². The summed E-state index contributed by atoms with van der Waals surface area (Å²) in [4.78, 5) is 16.4. The highest BCUT2D eigenvalue weighted by Crippen LogP contribution is 2.32. The van der Waals surface area contributed by atoms with Crippen molar-refractivity contribution >= 4 is 11.6 Å². The molecular formula is C17H14F3N3O. The molecule has 24 heavy (non-hydrogen) atoms. The number of amides is 1. The van der Waals surface area contributed by atoms with E-state index < -0.39 is 17.6 Å². The summed E-state index contributed by atoms with van der Waals surface area (Å²) in [5.74, 6) is -0.469. The van der Waals surface area contributed by atoms with Crippen LogP contribution in [0.15, 0.2) is 48.7 Å². The average molecular weight is 333 g/mol. The highest BCUT2D eigenvalue weighted by atomic mass is 19.4. The normalized spacial score (nSPS) is 11.7. The molecule has 0 aliphatic heterocycles. The van der Waals surface area contributed by atoms with Gasteiger partial charge in [-0.2, -0.15) is 13.2 Å². The van der Waals surface area contributed by atoms with E-state index in [0.717, 1.165) is 11.6 Å². The molecule has 0 aliphatic carbocycles. The van der Waals surface area contributed by atoms with Gasteiger partial charge in [-0.1, -0.05) is 30.3 Å². The van der Waals surface area contributed by atoms with E-state index in [1.165, 1.54) is 23.6 Å². The SMILES string of the molecule is Cc1nc2c(C(F)(F)F)cccn2c1C(=O)NCc1ccccc1. The van der Waals surface area contributed by atoms with Crippen molar-refractivity contribution in [2.45, 2.75) is 19.6 Å². The lowest BCUT2D eigenvalue weighted by Crippen LogP contribution is -2.25. The molecule has 4 nitrogen and oxygen atoms in total. The standard InChI is InChI=1S/C17H14F3N3O/c1-11-14(16(24)21-10-12-6-3-2-4-7-12)23-9-5-8-13(15(23)22-11)17(18,19)20/h2-9H,10H2,1H3,(H,21,24). The fourth-order valence-electron chi connectivity index (χ4n) is 2.54. The summed E-state index contributed by atoms with van der Waals surface area (Å²) >= 11 is 0. The Morgan fingerprint density at radius 1 is 1.17 bits per heavy atom. The quantitative estimate of drug-likeness (QED) is 0.796. The molecule has 1 amide bonds. The Balaban J connectivity index is 1.95. The molecular weight excluding hydrogens is 319 g/mol. The van der Waals surface area contributed by atoms with Crippen LogP contribution in [0.3, 0.4) is 0 Å². The zero-order valence-corrected chi connectivity index (χ0v) is 12.8. The van der Waals surface area contributed by atoms with Crippen LogP contribution in [0, 0.1) is 6.92 Å². The first kappa shape index (κ1) is 16.0. The number of fused-ring (bicyclic) bond motifs is 1. The third kappa shape index (κ3) is 2.97. The Morgan fingerprint density at radius 2 is 1.88 bits per heavy atom. The van der Waals surface area contributed by atoms with Crippen LogP contribution in [-0.4, -0.2) is 15.3 Å². The second-order valence-corrected chi connectivity index (χ2v) is 5.33. The fourth-order valence-corrected chi connectivity index (χ4v) is 2.54. The second-order valence-electron chi connectivity index (χ2n) is 5.33. The molecule has 0 atom stereocenters. The largest absolute Gasteiger partial charge is 0.419 e. The minimum Gasteiger partial charge on any atom is -0.347 e. The molecule has 7 heteroatoms. The van der Waals surface area contributed by atoms with Gasteiger partial charge in [0.05, 0.1) is 11.3 Å². The van der Waals surface area contributed by atoms with E-state index in [9.17, 15) is 18.0 Å². The van der Waals surface area contributed by atoms with E-state index in [-0.39, 0.29) is 23.6 Å². The van der Waals surface area contributed by atoms with Crippen LogP contribution in [0.5, 0.6) is 0 Å². The van der Waals surface area contributed by atoms with Crippen LogP contribution >= 0.6 is 0 Å². The monoisotopic (exact) mass is 333 g/mol. The maximum atomic E-state index is 13.1. The number of nitrogens with one attached hydrogen (secondary N) is 1. The zero-order valence-electron chi connectivity index (χ0n) is 12.8. The van der Waals surface area contributed by atoms with Gasteiger partial charge in [0.2, 0.25) is 0 Å². The van der Waals surface area contributed by atoms with E-state index in [1.54, 1.807) is 0 Å². The lowest BCUT2D eigenvalue weighted by atomic mass is 10.2. The molecule has 0 radical (unpaired) electrons. The molecule has 0 spiro atoms. The fraction of sp³-hybridized carbons (Fsp3) is 0.176. The van der Waals surface area contributed by atoms with Gasteiger partial charge in [-0.05, 0) is 24.6 Å². The summed E-state index contributed by atoms with van der Waals surface area (Å²) in [5.41, 5.74) is 0.111. The maximum Gasteiger partial charge on any atom is 0.419 e. The number of halogens is 3. The topological polar surface area (TPSA) is 46.4 Å². The Morgan fingerprint density at radius 3 is 2.54 bits per heavy atom. The molecule has 0 unspecified atom stereocenters. The van der Waals surface area contributed by atoms with Crippen LogP contribution in [0.25, 0.3) is 5.65 Å². The molecule has 1 N–H and O–H groups in total. The number of nitrogens with zero attached hydrogens (tertiary/aromatic N) is 2. The van der Waals surface area contributed by atoms with Gasteiger partial charge in [0.1, 0.15) is 11.3 Å². The van der Waals surface area contributed by atoms with E-state index in [4.69, 9.17) is 0 Å². The molecule has 1 aromatic carbocycles. The Bertz CT molecular complexity index is 885. The van der Waals surface area contributed by atoms with Crippen molar-refractivity contribution in [2.24, 2.45) is 0 Å². The van der Waals surface area contributed by atoms with Gasteiger partial charge >= 0.3 is 6.18 Å². The molecule has 2 heterocycles. The first-order valence-corrected chi connectivity index (χ1v) is 7.25. The Labute approximate surface area is 135 Å². The minimum absolute atomic E-state index is 0.104. The van der Waals surface area contributed by atoms with Crippen molar-refractivity contribution in [2.75, 3.05) is 0 Å². The van der Waals surface area contributed by atoms with Crippen molar-refractivity contribution in [3.05, 3.63) is 71.2 Å². The van der Waals surface area contributed by atoms with E-state index in [0.29, 0.717) is 0 Å². The van der Waals surface area contributed by atoms with Gasteiger partial charge in [-0.3, -0.25) is 9.20 Å². The van der Waals surface area contributed by atoms with Crippen molar-refractivity contribution in [1.82, 2.24) is 14.7 Å². The van der Waals surface area contributed by atoms with E-state index >= 15 is 0 Å². The predicted octanol–water partition coefficient (Wildman–Crippen LogP) is 3.59.